The van der Waals surface area contributed by atoms with Crippen molar-refractivity contribution in [3.05, 3.63) is 53.6 Å². The molecule has 0 unspecified atom stereocenters. The fourth-order valence-electron chi connectivity index (χ4n) is 1.93. The molecule has 0 radical (unpaired) electrons. The zero-order valence-corrected chi connectivity index (χ0v) is 11.5. The molecule has 1 aliphatic rings. The van der Waals surface area contributed by atoms with E-state index in [0.717, 1.165) is 30.5 Å². The number of rotatable bonds is 3. The minimum atomic E-state index is 0.553. The maximum absolute atomic E-state index is 6.24. The summed E-state index contributed by atoms with van der Waals surface area (Å²) in [6.45, 7) is 1.62. The van der Waals surface area contributed by atoms with Gasteiger partial charge in [-0.3, -0.25) is 4.99 Å². The largest absolute Gasteiger partial charge is 0.454 e. The Balaban J connectivity index is 1.88. The molecule has 0 saturated heterocycles. The van der Waals surface area contributed by atoms with E-state index < -0.39 is 0 Å². The van der Waals surface area contributed by atoms with Crippen molar-refractivity contribution in [1.82, 2.24) is 5.32 Å². The molecule has 4 nitrogen and oxygen atoms in total. The van der Waals surface area contributed by atoms with Gasteiger partial charge in [0.15, 0.2) is 11.7 Å². The first kappa shape index (κ1) is 12.8. The van der Waals surface area contributed by atoms with Crippen molar-refractivity contribution in [3.63, 3.8) is 0 Å². The molecule has 0 amide bonds. The van der Waals surface area contributed by atoms with Crippen LogP contribution in [0.2, 0.25) is 5.02 Å². The summed E-state index contributed by atoms with van der Waals surface area (Å²) >= 11 is 6.24. The monoisotopic (exact) mass is 287 g/mol. The first-order valence-electron chi connectivity index (χ1n) is 6.40. The van der Waals surface area contributed by atoms with E-state index in [1.165, 1.54) is 0 Å². The summed E-state index contributed by atoms with van der Waals surface area (Å²) in [6.07, 6.45) is 0. The lowest BCUT2D eigenvalue weighted by molar-refractivity contribution is 0.485. The standard InChI is InChI=1S/C15H14ClN3O/c16-12-7-4-8-13(19-15-17-9-10-18-15)14(12)20-11-5-2-1-3-6-11/h1-8H,9-10H2,(H2,17,18,19). The molecule has 0 aliphatic carbocycles. The van der Waals surface area contributed by atoms with Gasteiger partial charge in [-0.15, -0.1) is 0 Å². The van der Waals surface area contributed by atoms with Crippen molar-refractivity contribution in [2.75, 3.05) is 18.4 Å². The average molecular weight is 288 g/mol. The van der Waals surface area contributed by atoms with Gasteiger partial charge < -0.3 is 15.4 Å². The third-order valence-electron chi connectivity index (χ3n) is 2.86. The van der Waals surface area contributed by atoms with Crippen LogP contribution in [0.3, 0.4) is 0 Å². The van der Waals surface area contributed by atoms with E-state index in [4.69, 9.17) is 16.3 Å². The number of benzene rings is 2. The number of anilines is 1. The zero-order valence-electron chi connectivity index (χ0n) is 10.8. The molecule has 0 aromatic heterocycles. The van der Waals surface area contributed by atoms with Crippen LogP contribution in [0.15, 0.2) is 53.5 Å². The van der Waals surface area contributed by atoms with Gasteiger partial charge in [0.25, 0.3) is 0 Å². The Hall–Kier alpha value is -2.20. The van der Waals surface area contributed by atoms with Crippen molar-refractivity contribution in [1.29, 1.82) is 0 Å². The van der Waals surface area contributed by atoms with Gasteiger partial charge in [-0.25, -0.2) is 0 Å². The molecule has 0 fully saturated rings. The van der Waals surface area contributed by atoms with Gasteiger partial charge in [-0.05, 0) is 24.3 Å². The molecule has 2 aromatic carbocycles. The number of para-hydroxylation sites is 2. The zero-order chi connectivity index (χ0) is 13.8. The topological polar surface area (TPSA) is 45.7 Å². The molecule has 3 rings (SSSR count). The number of nitrogens with zero attached hydrogens (tertiary/aromatic N) is 1. The van der Waals surface area contributed by atoms with Crippen LogP contribution in [0.5, 0.6) is 11.5 Å². The van der Waals surface area contributed by atoms with Crippen LogP contribution in [0, 0.1) is 0 Å². The Bertz CT molecular complexity index is 628. The van der Waals surface area contributed by atoms with Gasteiger partial charge >= 0.3 is 0 Å². The predicted molar refractivity (Wildman–Crippen MR) is 81.9 cm³/mol. The maximum atomic E-state index is 6.24. The first-order valence-corrected chi connectivity index (χ1v) is 6.77. The van der Waals surface area contributed by atoms with Gasteiger partial charge in [-0.2, -0.15) is 0 Å². The van der Waals surface area contributed by atoms with E-state index in [1.807, 2.05) is 42.5 Å². The van der Waals surface area contributed by atoms with E-state index >= 15 is 0 Å². The lowest BCUT2D eigenvalue weighted by Crippen LogP contribution is -2.26. The predicted octanol–water partition coefficient (Wildman–Crippen LogP) is 3.50. The Morgan fingerprint density at radius 1 is 1.10 bits per heavy atom. The molecule has 5 heteroatoms. The second-order valence-corrected chi connectivity index (χ2v) is 4.72. The fraction of sp³-hybridized carbons (Fsp3) is 0.133. The van der Waals surface area contributed by atoms with Gasteiger partial charge in [0.2, 0.25) is 0 Å². The second kappa shape index (κ2) is 5.84. The summed E-state index contributed by atoms with van der Waals surface area (Å²) in [7, 11) is 0. The number of hydrogen-bond acceptors (Lipinski definition) is 4. The van der Waals surface area contributed by atoms with Crippen molar-refractivity contribution >= 4 is 23.2 Å². The molecule has 0 saturated carbocycles. The van der Waals surface area contributed by atoms with E-state index in [2.05, 4.69) is 15.6 Å². The first-order chi connectivity index (χ1) is 9.83. The molecular weight excluding hydrogens is 274 g/mol. The quantitative estimate of drug-likeness (QED) is 0.908. The average Bonchev–Trinajstić information content (AvgIpc) is 2.97. The number of guanidine groups is 1. The highest BCUT2D eigenvalue weighted by atomic mass is 35.5. The Morgan fingerprint density at radius 2 is 1.95 bits per heavy atom. The van der Waals surface area contributed by atoms with Crippen LogP contribution in [-0.2, 0) is 0 Å². The molecule has 102 valence electrons. The molecule has 2 aromatic rings. The molecule has 0 spiro atoms. The van der Waals surface area contributed by atoms with Crippen LogP contribution in [-0.4, -0.2) is 19.0 Å². The van der Waals surface area contributed by atoms with E-state index in [1.54, 1.807) is 6.07 Å². The molecule has 2 N–H and O–H groups in total. The Kier molecular flexibility index (Phi) is 3.74. The van der Waals surface area contributed by atoms with Crippen molar-refractivity contribution in [2.24, 2.45) is 4.99 Å². The van der Waals surface area contributed by atoms with E-state index in [0.29, 0.717) is 10.8 Å². The minimum Gasteiger partial charge on any atom is -0.454 e. The van der Waals surface area contributed by atoms with Crippen LogP contribution in [0.4, 0.5) is 5.69 Å². The van der Waals surface area contributed by atoms with E-state index in [-0.39, 0.29) is 0 Å². The number of nitrogens with one attached hydrogen (secondary N) is 2. The van der Waals surface area contributed by atoms with Crippen LogP contribution >= 0.6 is 11.6 Å². The number of hydrogen-bond donors (Lipinski definition) is 2. The number of aliphatic imine (C=N–C) groups is 1. The minimum absolute atomic E-state index is 0.553. The lowest BCUT2D eigenvalue weighted by atomic mass is 10.3. The Morgan fingerprint density at radius 3 is 2.70 bits per heavy atom. The Labute approximate surface area is 122 Å². The normalized spacial score (nSPS) is 13.6. The summed E-state index contributed by atoms with van der Waals surface area (Å²) in [5.74, 6) is 2.08. The van der Waals surface area contributed by atoms with Crippen molar-refractivity contribution < 1.29 is 4.74 Å². The maximum Gasteiger partial charge on any atom is 0.196 e. The highest BCUT2D eigenvalue weighted by molar-refractivity contribution is 6.32. The fourth-order valence-corrected chi connectivity index (χ4v) is 2.14. The molecule has 0 atom stereocenters. The molecule has 1 heterocycles. The van der Waals surface area contributed by atoms with Crippen molar-refractivity contribution in [3.8, 4) is 11.5 Å². The van der Waals surface area contributed by atoms with Gasteiger partial charge in [0.1, 0.15) is 5.75 Å². The van der Waals surface area contributed by atoms with Gasteiger partial charge in [0.05, 0.1) is 17.3 Å². The third-order valence-corrected chi connectivity index (χ3v) is 3.15. The summed E-state index contributed by atoms with van der Waals surface area (Å²) in [6, 6.07) is 15.1. The van der Waals surface area contributed by atoms with Crippen LogP contribution in [0.1, 0.15) is 0 Å². The molecular formula is C15H14ClN3O. The summed E-state index contributed by atoms with van der Waals surface area (Å²) in [5.41, 5.74) is 0.787. The van der Waals surface area contributed by atoms with Crippen LogP contribution in [0.25, 0.3) is 0 Å². The molecule has 0 bridgehead atoms. The third kappa shape index (κ3) is 2.86. The second-order valence-electron chi connectivity index (χ2n) is 4.31. The van der Waals surface area contributed by atoms with Crippen molar-refractivity contribution in [2.45, 2.75) is 0 Å². The van der Waals surface area contributed by atoms with Gasteiger partial charge in [-0.1, -0.05) is 35.9 Å². The highest BCUT2D eigenvalue weighted by Crippen LogP contribution is 2.36. The number of halogens is 1. The van der Waals surface area contributed by atoms with Gasteiger partial charge in [0, 0.05) is 6.54 Å². The summed E-state index contributed by atoms with van der Waals surface area (Å²) in [5, 5.41) is 6.91. The number of ether oxygens (including phenoxy) is 1. The van der Waals surface area contributed by atoms with E-state index in [9.17, 15) is 0 Å². The highest BCUT2D eigenvalue weighted by Gasteiger charge is 2.12. The van der Waals surface area contributed by atoms with Crippen LogP contribution < -0.4 is 15.4 Å². The molecule has 1 aliphatic heterocycles. The molecule has 20 heavy (non-hydrogen) atoms. The smallest absolute Gasteiger partial charge is 0.196 e. The lowest BCUT2D eigenvalue weighted by Gasteiger charge is -2.14. The summed E-state index contributed by atoms with van der Waals surface area (Å²) in [4.78, 5) is 4.30. The SMILES string of the molecule is Clc1cccc(NC2=NCCN2)c1Oc1ccccc1. The summed E-state index contributed by atoms with van der Waals surface area (Å²) < 4.78 is 5.87.